The van der Waals surface area contributed by atoms with E-state index in [9.17, 15) is 14.4 Å². The fourth-order valence-corrected chi connectivity index (χ4v) is 8.62. The molecule has 0 saturated heterocycles. The van der Waals surface area contributed by atoms with Gasteiger partial charge in [-0.25, -0.2) is 0 Å². The summed E-state index contributed by atoms with van der Waals surface area (Å²) >= 11 is 0. The second-order valence-corrected chi connectivity index (χ2v) is 21.3. The third-order valence-corrected chi connectivity index (χ3v) is 13.5. The van der Waals surface area contributed by atoms with Crippen LogP contribution in [0.2, 0.25) is 0 Å². The van der Waals surface area contributed by atoms with Crippen molar-refractivity contribution < 1.29 is 28.6 Å². The maximum Gasteiger partial charge on any atom is 0.306 e. The Morgan fingerprint density at radius 3 is 0.765 bits per heavy atom. The molecule has 0 radical (unpaired) electrons. The molecule has 6 heteroatoms. The molecule has 0 aromatic carbocycles. The Morgan fingerprint density at radius 1 is 0.259 bits per heavy atom. The number of carbonyl (C=O) groups is 3. The zero-order valence-electron chi connectivity index (χ0n) is 52.2. The smallest absolute Gasteiger partial charge is 0.306 e. The van der Waals surface area contributed by atoms with Gasteiger partial charge >= 0.3 is 17.9 Å². The molecule has 456 valence electrons. The molecule has 6 nitrogen and oxygen atoms in total. The lowest BCUT2D eigenvalue weighted by molar-refractivity contribution is -0.167. The van der Waals surface area contributed by atoms with Crippen molar-refractivity contribution in [3.63, 3.8) is 0 Å². The quantitative estimate of drug-likeness (QED) is 0.0261. The Hall–Kier alpha value is -4.97. The SMILES string of the molecule is CC/C=C\C/C=C\C/C=C\C/C=C\C/C=C\C/C=C\C/C=C\C/C=C\CCCCCCCCC(=O)OCC(COC(=O)CCCCCCC/C=C\CCCCCC)OC(=O)CCCCCCCC/C=C\C/C=C\C/C=C\C/C=C\CC. The first kappa shape index (κ1) is 76.0. The molecular weight excluding hydrogens is 997 g/mol. The van der Waals surface area contributed by atoms with Crippen molar-refractivity contribution >= 4 is 17.9 Å². The number of rotatable bonds is 58. The molecule has 0 aromatic heterocycles. The van der Waals surface area contributed by atoms with Gasteiger partial charge in [0.05, 0.1) is 0 Å². The summed E-state index contributed by atoms with van der Waals surface area (Å²) < 4.78 is 16.9. The molecule has 0 aliphatic heterocycles. The molecule has 0 amide bonds. The number of allylic oxidation sites excluding steroid dienone is 26. The second kappa shape index (κ2) is 67.5. The highest BCUT2D eigenvalue weighted by Gasteiger charge is 2.19. The van der Waals surface area contributed by atoms with Gasteiger partial charge in [0.15, 0.2) is 6.10 Å². The first-order valence-corrected chi connectivity index (χ1v) is 33.0. The van der Waals surface area contributed by atoms with Crippen LogP contribution in [0.1, 0.15) is 278 Å². The molecular formula is C75H120O6. The van der Waals surface area contributed by atoms with E-state index in [1.165, 1.54) is 64.2 Å². The summed E-state index contributed by atoms with van der Waals surface area (Å²) in [5.41, 5.74) is 0. The van der Waals surface area contributed by atoms with Crippen LogP contribution >= 0.6 is 0 Å². The number of esters is 3. The van der Waals surface area contributed by atoms with Gasteiger partial charge in [0.25, 0.3) is 0 Å². The maximum atomic E-state index is 12.9. The van der Waals surface area contributed by atoms with Crippen LogP contribution in [0.25, 0.3) is 0 Å². The Bertz CT molecular complexity index is 1810. The molecule has 1 atom stereocenters. The minimum atomic E-state index is -0.804. The molecule has 0 fully saturated rings. The first-order valence-electron chi connectivity index (χ1n) is 33.0. The monoisotopic (exact) mass is 1120 g/mol. The van der Waals surface area contributed by atoms with Gasteiger partial charge in [0.1, 0.15) is 13.2 Å². The van der Waals surface area contributed by atoms with E-state index >= 15 is 0 Å². The predicted molar refractivity (Wildman–Crippen MR) is 352 cm³/mol. The first-order chi connectivity index (χ1) is 40.0. The summed E-state index contributed by atoms with van der Waals surface area (Å²) in [5.74, 6) is -0.937. The summed E-state index contributed by atoms with van der Waals surface area (Å²) in [6.45, 7) is 6.37. The van der Waals surface area contributed by atoms with Crippen LogP contribution in [0.15, 0.2) is 158 Å². The lowest BCUT2D eigenvalue weighted by atomic mass is 10.1. The third-order valence-electron chi connectivity index (χ3n) is 13.5. The Balaban J connectivity index is 4.38. The Kier molecular flexibility index (Phi) is 63.4. The van der Waals surface area contributed by atoms with Gasteiger partial charge in [-0.3, -0.25) is 14.4 Å². The van der Waals surface area contributed by atoms with E-state index in [0.29, 0.717) is 19.3 Å². The van der Waals surface area contributed by atoms with Crippen LogP contribution in [0.4, 0.5) is 0 Å². The van der Waals surface area contributed by atoms with Crippen molar-refractivity contribution in [3.05, 3.63) is 158 Å². The van der Waals surface area contributed by atoms with E-state index in [1.807, 2.05) is 0 Å². The molecule has 0 saturated carbocycles. The van der Waals surface area contributed by atoms with Crippen molar-refractivity contribution in [2.75, 3.05) is 13.2 Å². The van der Waals surface area contributed by atoms with Crippen LogP contribution in [0, 0.1) is 0 Å². The number of carbonyl (C=O) groups excluding carboxylic acids is 3. The highest BCUT2D eigenvalue weighted by Crippen LogP contribution is 2.14. The average molecular weight is 1120 g/mol. The number of ether oxygens (including phenoxy) is 3. The van der Waals surface area contributed by atoms with Gasteiger partial charge in [0, 0.05) is 19.3 Å². The molecule has 1 unspecified atom stereocenters. The standard InChI is InChI=1S/C75H120O6/c1-4-7-10-13-16-19-22-25-27-29-31-32-33-34-35-36-37-38-39-40-41-42-44-45-47-50-53-56-59-62-65-68-74(77)80-71-72(70-79-73(76)67-64-61-58-55-52-49-24-21-18-15-12-9-6-3)81-75(78)69-66-63-60-57-54-51-48-46-43-30-28-26-23-20-17-14-11-8-5-2/h7-8,10-11,16-17,19-21,24-28,31-32,34-35,37-38,40-41,43-46,72H,4-6,9,12-15,18,22-23,29-30,33,36,39,42,47-71H2,1-3H3/b10-7-,11-8-,19-16-,20-17-,24-21-,27-25-,28-26-,32-31-,35-34-,38-37-,41-40-,45-44-,46-43-. The zero-order valence-corrected chi connectivity index (χ0v) is 52.2. The number of hydrogen-bond donors (Lipinski definition) is 0. The highest BCUT2D eigenvalue weighted by molar-refractivity contribution is 5.71. The van der Waals surface area contributed by atoms with Crippen molar-refractivity contribution in [1.82, 2.24) is 0 Å². The van der Waals surface area contributed by atoms with E-state index in [4.69, 9.17) is 14.2 Å². The zero-order chi connectivity index (χ0) is 58.5. The number of unbranched alkanes of at least 4 members (excludes halogenated alkanes) is 21. The third kappa shape index (κ3) is 65.7. The highest BCUT2D eigenvalue weighted by atomic mass is 16.6. The molecule has 0 N–H and O–H groups in total. The van der Waals surface area contributed by atoms with Crippen molar-refractivity contribution in [1.29, 1.82) is 0 Å². The summed E-state index contributed by atoms with van der Waals surface area (Å²) in [6, 6.07) is 0. The minimum absolute atomic E-state index is 0.0983. The van der Waals surface area contributed by atoms with Crippen LogP contribution < -0.4 is 0 Å². The van der Waals surface area contributed by atoms with Gasteiger partial charge < -0.3 is 14.2 Å². The van der Waals surface area contributed by atoms with Gasteiger partial charge in [0.2, 0.25) is 0 Å². The van der Waals surface area contributed by atoms with Crippen LogP contribution in [-0.2, 0) is 28.6 Å². The summed E-state index contributed by atoms with van der Waals surface area (Å²) in [5, 5.41) is 0. The van der Waals surface area contributed by atoms with Crippen LogP contribution in [0.3, 0.4) is 0 Å². The predicted octanol–water partition coefficient (Wildman–Crippen LogP) is 22.9. The largest absolute Gasteiger partial charge is 0.462 e. The lowest BCUT2D eigenvalue weighted by Crippen LogP contribution is -2.30. The van der Waals surface area contributed by atoms with Crippen LogP contribution in [-0.4, -0.2) is 37.2 Å². The maximum absolute atomic E-state index is 12.9. The van der Waals surface area contributed by atoms with E-state index in [-0.39, 0.29) is 31.1 Å². The molecule has 0 spiro atoms. The number of hydrogen-bond acceptors (Lipinski definition) is 6. The van der Waals surface area contributed by atoms with E-state index < -0.39 is 6.10 Å². The van der Waals surface area contributed by atoms with Crippen molar-refractivity contribution in [3.8, 4) is 0 Å². The Labute approximate surface area is 499 Å². The summed E-state index contributed by atoms with van der Waals surface area (Å²) in [4.78, 5) is 38.3. The topological polar surface area (TPSA) is 78.9 Å². The van der Waals surface area contributed by atoms with Gasteiger partial charge in [-0.15, -0.1) is 0 Å². The summed E-state index contributed by atoms with van der Waals surface area (Å²) in [7, 11) is 0. The normalized spacial score (nSPS) is 13.2. The molecule has 0 aromatic rings. The van der Waals surface area contributed by atoms with Crippen molar-refractivity contribution in [2.24, 2.45) is 0 Å². The van der Waals surface area contributed by atoms with Crippen molar-refractivity contribution in [2.45, 2.75) is 284 Å². The van der Waals surface area contributed by atoms with E-state index in [0.717, 1.165) is 173 Å². The summed E-state index contributed by atoms with van der Waals surface area (Å²) in [6.07, 6.45) is 98.2. The molecule has 0 aliphatic carbocycles. The van der Waals surface area contributed by atoms with Crippen LogP contribution in [0.5, 0.6) is 0 Å². The fraction of sp³-hybridized carbons (Fsp3) is 0.613. The van der Waals surface area contributed by atoms with E-state index in [1.54, 1.807) is 0 Å². The second-order valence-electron chi connectivity index (χ2n) is 21.3. The minimum Gasteiger partial charge on any atom is -0.462 e. The molecule has 0 rings (SSSR count). The van der Waals surface area contributed by atoms with Gasteiger partial charge in [-0.05, 0) is 148 Å². The lowest BCUT2D eigenvalue weighted by Gasteiger charge is -2.18. The van der Waals surface area contributed by atoms with Gasteiger partial charge in [-0.2, -0.15) is 0 Å². The fourth-order valence-electron chi connectivity index (χ4n) is 8.62. The Morgan fingerprint density at radius 2 is 0.481 bits per heavy atom. The van der Waals surface area contributed by atoms with E-state index in [2.05, 4.69) is 179 Å². The molecule has 0 bridgehead atoms. The molecule has 0 heterocycles. The average Bonchev–Trinajstić information content (AvgIpc) is 3.46. The van der Waals surface area contributed by atoms with Gasteiger partial charge in [-0.1, -0.05) is 269 Å². The molecule has 81 heavy (non-hydrogen) atoms. The molecule has 0 aliphatic rings.